The molecule has 11 rings (SSSR count). The Bertz CT molecular complexity index is 2960. The van der Waals surface area contributed by atoms with Gasteiger partial charge >= 0.3 is 0 Å². The maximum Gasteiger partial charge on any atom is 0.0462 e. The van der Waals surface area contributed by atoms with Crippen LogP contribution in [0.5, 0.6) is 0 Å². The molecule has 1 aliphatic rings. The van der Waals surface area contributed by atoms with Gasteiger partial charge in [0, 0.05) is 42.6 Å². The Morgan fingerprint density at radius 2 is 0.810 bits per heavy atom. The lowest BCUT2D eigenvalue weighted by molar-refractivity contribution is 0.715. The molecule has 0 spiro atoms. The number of hydrogen-bond donors (Lipinski definition) is 0. The standard InChI is InChI=1S/C56H39NS/c1-56(51-20-10-8-17-48(51)49-18-9-11-21-52(49)56)43-29-36-50-54(37-43)58-53-22-12-19-47(55(50)53)42-27-34-46(35-28-42)57(44-30-23-40(24-31-44)38-13-4-2-5-14-38)45-32-25-41(26-33-45)39-15-6-3-7-16-39/h2-37H,1H3. The maximum atomic E-state index is 2.45. The molecule has 10 aromatic rings. The first-order valence-electron chi connectivity index (χ1n) is 20.0. The number of thiophene rings is 1. The van der Waals surface area contributed by atoms with E-state index in [0.717, 1.165) is 17.1 Å². The second-order valence-electron chi connectivity index (χ2n) is 15.4. The number of hydrogen-bond acceptors (Lipinski definition) is 2. The van der Waals surface area contributed by atoms with E-state index in [1.165, 1.54) is 81.4 Å². The summed E-state index contributed by atoms with van der Waals surface area (Å²) in [5, 5.41) is 2.63. The van der Waals surface area contributed by atoms with Gasteiger partial charge in [-0.05, 0) is 117 Å². The van der Waals surface area contributed by atoms with Crippen molar-refractivity contribution in [3.8, 4) is 44.5 Å². The van der Waals surface area contributed by atoms with Crippen molar-refractivity contribution in [3.63, 3.8) is 0 Å². The number of anilines is 3. The zero-order valence-electron chi connectivity index (χ0n) is 32.1. The molecule has 1 nitrogen and oxygen atoms in total. The second-order valence-corrected chi connectivity index (χ2v) is 16.5. The lowest BCUT2D eigenvalue weighted by Gasteiger charge is -2.28. The number of fused-ring (bicyclic) bond motifs is 6. The highest BCUT2D eigenvalue weighted by atomic mass is 32.1. The minimum Gasteiger partial charge on any atom is -0.311 e. The Morgan fingerprint density at radius 3 is 1.34 bits per heavy atom. The first kappa shape index (κ1) is 34.3. The Morgan fingerprint density at radius 1 is 0.362 bits per heavy atom. The molecule has 0 unspecified atom stereocenters. The zero-order chi connectivity index (χ0) is 38.6. The Hall–Kier alpha value is -7.00. The van der Waals surface area contributed by atoms with Gasteiger partial charge in [-0.2, -0.15) is 0 Å². The van der Waals surface area contributed by atoms with Gasteiger partial charge in [0.15, 0.2) is 0 Å². The van der Waals surface area contributed by atoms with Crippen molar-refractivity contribution >= 4 is 48.6 Å². The van der Waals surface area contributed by atoms with Gasteiger partial charge in [0.05, 0.1) is 0 Å². The number of nitrogens with zero attached hydrogens (tertiary/aromatic N) is 1. The van der Waals surface area contributed by atoms with E-state index < -0.39 is 0 Å². The van der Waals surface area contributed by atoms with Crippen LogP contribution in [0.25, 0.3) is 64.7 Å². The molecule has 0 amide bonds. The highest BCUT2D eigenvalue weighted by molar-refractivity contribution is 7.26. The maximum absolute atomic E-state index is 2.45. The van der Waals surface area contributed by atoms with E-state index in [-0.39, 0.29) is 5.41 Å². The smallest absolute Gasteiger partial charge is 0.0462 e. The molecule has 0 saturated heterocycles. The normalized spacial score (nSPS) is 12.7. The molecule has 0 atom stereocenters. The predicted molar refractivity (Wildman–Crippen MR) is 248 cm³/mol. The van der Waals surface area contributed by atoms with Crippen LogP contribution in [0.4, 0.5) is 17.1 Å². The monoisotopic (exact) mass is 757 g/mol. The summed E-state index contributed by atoms with van der Waals surface area (Å²) in [6.07, 6.45) is 0. The van der Waals surface area contributed by atoms with Crippen LogP contribution in [0.15, 0.2) is 218 Å². The average Bonchev–Trinajstić information content (AvgIpc) is 3.81. The van der Waals surface area contributed by atoms with Crippen LogP contribution in [-0.2, 0) is 5.41 Å². The minimum absolute atomic E-state index is 0.216. The third kappa shape index (κ3) is 5.60. The van der Waals surface area contributed by atoms with Gasteiger partial charge in [0.2, 0.25) is 0 Å². The third-order valence-corrected chi connectivity index (χ3v) is 13.3. The lowest BCUT2D eigenvalue weighted by Crippen LogP contribution is -2.22. The highest BCUT2D eigenvalue weighted by Gasteiger charge is 2.40. The molecule has 0 aliphatic heterocycles. The van der Waals surface area contributed by atoms with E-state index in [9.17, 15) is 0 Å². The fourth-order valence-corrected chi connectivity index (χ4v) is 10.4. The van der Waals surface area contributed by atoms with E-state index in [1.54, 1.807) is 0 Å². The summed E-state index contributed by atoms with van der Waals surface area (Å²) in [7, 11) is 0. The van der Waals surface area contributed by atoms with Crippen molar-refractivity contribution in [2.45, 2.75) is 12.3 Å². The molecule has 1 aliphatic carbocycles. The topological polar surface area (TPSA) is 3.24 Å². The molecule has 0 radical (unpaired) electrons. The molecule has 274 valence electrons. The van der Waals surface area contributed by atoms with Crippen LogP contribution >= 0.6 is 11.3 Å². The summed E-state index contributed by atoms with van der Waals surface area (Å²) in [6, 6.07) is 79.9. The van der Waals surface area contributed by atoms with Gasteiger partial charge in [-0.1, -0.05) is 170 Å². The van der Waals surface area contributed by atoms with Crippen molar-refractivity contribution in [3.05, 3.63) is 235 Å². The Kier molecular flexibility index (Phi) is 8.20. The van der Waals surface area contributed by atoms with E-state index in [2.05, 4.69) is 230 Å². The van der Waals surface area contributed by atoms with Crippen LogP contribution in [0.3, 0.4) is 0 Å². The van der Waals surface area contributed by atoms with E-state index in [0.29, 0.717) is 0 Å². The SMILES string of the molecule is CC1(c2ccc3c(c2)sc2cccc(-c4ccc(N(c5ccc(-c6ccccc6)cc5)c5ccc(-c6ccccc6)cc5)cc4)c23)c2ccccc2-c2ccccc21. The van der Waals surface area contributed by atoms with Gasteiger partial charge in [-0.25, -0.2) is 0 Å². The second kappa shape index (κ2) is 13.9. The van der Waals surface area contributed by atoms with E-state index in [1.807, 2.05) is 11.3 Å². The lowest BCUT2D eigenvalue weighted by atomic mass is 9.74. The summed E-state index contributed by atoms with van der Waals surface area (Å²) in [5.74, 6) is 0. The molecule has 58 heavy (non-hydrogen) atoms. The first-order chi connectivity index (χ1) is 28.6. The van der Waals surface area contributed by atoms with Crippen LogP contribution in [-0.4, -0.2) is 0 Å². The zero-order valence-corrected chi connectivity index (χ0v) is 33.0. The van der Waals surface area contributed by atoms with Crippen LogP contribution < -0.4 is 4.90 Å². The van der Waals surface area contributed by atoms with Crippen LogP contribution in [0.2, 0.25) is 0 Å². The molecule has 0 fully saturated rings. The Balaban J connectivity index is 0.977. The van der Waals surface area contributed by atoms with Crippen molar-refractivity contribution < 1.29 is 0 Å². The molecule has 2 heteroatoms. The number of rotatable bonds is 7. The average molecular weight is 758 g/mol. The van der Waals surface area contributed by atoms with Crippen LogP contribution in [0.1, 0.15) is 23.6 Å². The molecule has 9 aromatic carbocycles. The van der Waals surface area contributed by atoms with E-state index in [4.69, 9.17) is 0 Å². The summed E-state index contributed by atoms with van der Waals surface area (Å²) in [6.45, 7) is 2.40. The fourth-order valence-electron chi connectivity index (χ4n) is 9.25. The van der Waals surface area contributed by atoms with Crippen molar-refractivity contribution in [1.82, 2.24) is 0 Å². The quantitative estimate of drug-likeness (QED) is 0.156. The minimum atomic E-state index is -0.216. The molecule has 1 aromatic heterocycles. The van der Waals surface area contributed by atoms with Gasteiger partial charge in [-0.3, -0.25) is 0 Å². The molecular formula is C56H39NS. The molecule has 0 N–H and O–H groups in total. The highest BCUT2D eigenvalue weighted by Crippen LogP contribution is 2.53. The fraction of sp³-hybridized carbons (Fsp3) is 0.0357. The summed E-state index contributed by atoms with van der Waals surface area (Å²) >= 11 is 1.90. The van der Waals surface area contributed by atoms with Crippen molar-refractivity contribution in [2.75, 3.05) is 4.90 Å². The molecule has 1 heterocycles. The first-order valence-corrected chi connectivity index (χ1v) is 20.8. The molecule has 0 saturated carbocycles. The van der Waals surface area contributed by atoms with E-state index >= 15 is 0 Å². The largest absolute Gasteiger partial charge is 0.311 e. The van der Waals surface area contributed by atoms with Gasteiger partial charge in [0.25, 0.3) is 0 Å². The summed E-state index contributed by atoms with van der Waals surface area (Å²) < 4.78 is 2.63. The summed E-state index contributed by atoms with van der Waals surface area (Å²) in [4.78, 5) is 2.36. The van der Waals surface area contributed by atoms with Gasteiger partial charge < -0.3 is 4.90 Å². The van der Waals surface area contributed by atoms with Gasteiger partial charge in [0.1, 0.15) is 0 Å². The molecular weight excluding hydrogens is 719 g/mol. The van der Waals surface area contributed by atoms with Crippen molar-refractivity contribution in [1.29, 1.82) is 0 Å². The third-order valence-electron chi connectivity index (χ3n) is 12.2. The summed E-state index contributed by atoms with van der Waals surface area (Å²) in [5.41, 5.74) is 17.2. The van der Waals surface area contributed by atoms with Crippen LogP contribution in [0, 0.1) is 0 Å². The predicted octanol–water partition coefficient (Wildman–Crippen LogP) is 15.9. The van der Waals surface area contributed by atoms with Gasteiger partial charge in [-0.15, -0.1) is 11.3 Å². The molecule has 0 bridgehead atoms. The Labute approximate surface area is 343 Å². The number of benzene rings is 9. The van der Waals surface area contributed by atoms with Crippen molar-refractivity contribution in [2.24, 2.45) is 0 Å².